The van der Waals surface area contributed by atoms with Gasteiger partial charge in [0, 0.05) is 0 Å². The van der Waals surface area contributed by atoms with Crippen molar-refractivity contribution < 1.29 is 5.11 Å². The van der Waals surface area contributed by atoms with Crippen molar-refractivity contribution in [1.82, 2.24) is 0 Å². The maximum absolute atomic E-state index is 9.84. The minimum absolute atomic E-state index is 0.0366. The Morgan fingerprint density at radius 1 is 1.21 bits per heavy atom. The fourth-order valence-electron chi connectivity index (χ4n) is 2.01. The first-order valence-corrected chi connectivity index (χ1v) is 7.09. The average Bonchev–Trinajstić information content (AvgIpc) is 2.16. The minimum Gasteiger partial charge on any atom is -0.393 e. The fourth-order valence-corrected chi connectivity index (χ4v) is 3.21. The van der Waals surface area contributed by atoms with Gasteiger partial charge in [-0.25, -0.2) is 0 Å². The van der Waals surface area contributed by atoms with Crippen LogP contribution in [0.2, 0.25) is 0 Å². The van der Waals surface area contributed by atoms with Crippen LogP contribution in [0, 0.1) is 11.8 Å². The van der Waals surface area contributed by atoms with Crippen molar-refractivity contribution in [2.24, 2.45) is 11.8 Å². The smallest absolute Gasteiger partial charge is 0.0543 e. The zero-order valence-corrected chi connectivity index (χ0v) is 10.4. The summed E-state index contributed by atoms with van der Waals surface area (Å²) < 4.78 is 0. The number of hydrogen-bond acceptors (Lipinski definition) is 2. The Morgan fingerprint density at radius 3 is 2.43 bits per heavy atom. The molecular formula is C12H24OS. The lowest BCUT2D eigenvalue weighted by atomic mass is 9.92. The van der Waals surface area contributed by atoms with E-state index >= 15 is 0 Å². The molecule has 0 spiro atoms. The predicted octanol–water partition coefficient (Wildman–Crippen LogP) is 3.32. The molecule has 1 heterocycles. The molecule has 1 aliphatic rings. The van der Waals surface area contributed by atoms with E-state index in [-0.39, 0.29) is 6.10 Å². The van der Waals surface area contributed by atoms with Crippen molar-refractivity contribution in [2.45, 2.75) is 52.1 Å². The van der Waals surface area contributed by atoms with E-state index in [2.05, 4.69) is 25.6 Å². The van der Waals surface area contributed by atoms with E-state index in [0.29, 0.717) is 0 Å². The topological polar surface area (TPSA) is 20.2 Å². The second kappa shape index (κ2) is 6.73. The monoisotopic (exact) mass is 216 g/mol. The second-order valence-electron chi connectivity index (χ2n) is 4.92. The first-order chi connectivity index (χ1) is 6.68. The molecule has 0 aromatic heterocycles. The number of aliphatic hydroxyl groups excluding tert-OH is 1. The summed E-state index contributed by atoms with van der Waals surface area (Å²) in [5.74, 6) is 4.15. The molecule has 0 saturated carbocycles. The van der Waals surface area contributed by atoms with Crippen LogP contribution in [0.25, 0.3) is 0 Å². The molecule has 1 atom stereocenters. The van der Waals surface area contributed by atoms with Crippen LogP contribution in [0.4, 0.5) is 0 Å². The van der Waals surface area contributed by atoms with Crippen LogP contribution >= 0.6 is 11.8 Å². The molecule has 1 aliphatic heterocycles. The lowest BCUT2D eigenvalue weighted by Crippen LogP contribution is -2.18. The van der Waals surface area contributed by atoms with E-state index in [1.807, 2.05) is 0 Å². The maximum atomic E-state index is 9.84. The molecule has 1 fully saturated rings. The molecule has 1 rings (SSSR count). The van der Waals surface area contributed by atoms with Gasteiger partial charge < -0.3 is 5.11 Å². The van der Waals surface area contributed by atoms with Crippen LogP contribution in [-0.4, -0.2) is 22.7 Å². The summed E-state index contributed by atoms with van der Waals surface area (Å²) in [4.78, 5) is 0. The molecular weight excluding hydrogens is 192 g/mol. The molecule has 1 unspecified atom stereocenters. The molecule has 0 bridgehead atoms. The van der Waals surface area contributed by atoms with Crippen LogP contribution in [0.15, 0.2) is 0 Å². The highest BCUT2D eigenvalue weighted by Gasteiger charge is 2.17. The largest absolute Gasteiger partial charge is 0.393 e. The van der Waals surface area contributed by atoms with Gasteiger partial charge in [-0.2, -0.15) is 11.8 Å². The highest BCUT2D eigenvalue weighted by atomic mass is 32.2. The average molecular weight is 216 g/mol. The normalized spacial score (nSPS) is 21.4. The van der Waals surface area contributed by atoms with Crippen molar-refractivity contribution in [3.05, 3.63) is 0 Å². The SMILES string of the molecule is CC(C)CCC(O)CC1CCSCC1. The van der Waals surface area contributed by atoms with Crippen LogP contribution in [0.1, 0.15) is 46.0 Å². The Labute approximate surface area is 92.7 Å². The van der Waals surface area contributed by atoms with Gasteiger partial charge in [-0.3, -0.25) is 0 Å². The highest BCUT2D eigenvalue weighted by Crippen LogP contribution is 2.27. The van der Waals surface area contributed by atoms with Gasteiger partial charge in [0.05, 0.1) is 6.10 Å². The van der Waals surface area contributed by atoms with E-state index in [4.69, 9.17) is 0 Å². The predicted molar refractivity (Wildman–Crippen MR) is 64.7 cm³/mol. The standard InChI is InChI=1S/C12H24OS/c1-10(2)3-4-12(13)9-11-5-7-14-8-6-11/h10-13H,3-9H2,1-2H3. The number of thioether (sulfide) groups is 1. The third-order valence-corrected chi connectivity index (χ3v) is 4.07. The zero-order valence-electron chi connectivity index (χ0n) is 9.54. The second-order valence-corrected chi connectivity index (χ2v) is 6.14. The van der Waals surface area contributed by atoms with Gasteiger partial charge in [-0.15, -0.1) is 0 Å². The van der Waals surface area contributed by atoms with Gasteiger partial charge in [-0.05, 0) is 55.4 Å². The lowest BCUT2D eigenvalue weighted by Gasteiger charge is -2.24. The first-order valence-electron chi connectivity index (χ1n) is 5.94. The Kier molecular flexibility index (Phi) is 5.95. The number of hydrogen-bond donors (Lipinski definition) is 1. The molecule has 0 amide bonds. The van der Waals surface area contributed by atoms with Crippen LogP contribution in [-0.2, 0) is 0 Å². The van der Waals surface area contributed by atoms with Crippen molar-refractivity contribution in [3.8, 4) is 0 Å². The lowest BCUT2D eigenvalue weighted by molar-refractivity contribution is 0.124. The fraction of sp³-hybridized carbons (Fsp3) is 1.00. The van der Waals surface area contributed by atoms with Crippen molar-refractivity contribution in [2.75, 3.05) is 11.5 Å². The summed E-state index contributed by atoms with van der Waals surface area (Å²) in [5, 5.41) is 9.84. The van der Waals surface area contributed by atoms with Gasteiger partial charge in [0.15, 0.2) is 0 Å². The van der Waals surface area contributed by atoms with Crippen LogP contribution in [0.5, 0.6) is 0 Å². The molecule has 1 nitrogen and oxygen atoms in total. The Balaban J connectivity index is 2.09. The molecule has 0 radical (unpaired) electrons. The van der Waals surface area contributed by atoms with Crippen molar-refractivity contribution >= 4 is 11.8 Å². The quantitative estimate of drug-likeness (QED) is 0.761. The third-order valence-electron chi connectivity index (χ3n) is 3.02. The summed E-state index contributed by atoms with van der Waals surface area (Å²) in [6, 6.07) is 0. The first kappa shape index (κ1) is 12.4. The molecule has 0 aromatic rings. The van der Waals surface area contributed by atoms with E-state index in [1.165, 1.54) is 30.8 Å². The Morgan fingerprint density at radius 2 is 1.86 bits per heavy atom. The molecule has 1 N–H and O–H groups in total. The van der Waals surface area contributed by atoms with Gasteiger partial charge >= 0.3 is 0 Å². The van der Waals surface area contributed by atoms with E-state index in [0.717, 1.165) is 24.7 Å². The summed E-state index contributed by atoms with van der Waals surface area (Å²) >= 11 is 2.06. The Hall–Kier alpha value is 0.310. The van der Waals surface area contributed by atoms with Crippen LogP contribution in [0.3, 0.4) is 0 Å². The van der Waals surface area contributed by atoms with Crippen molar-refractivity contribution in [1.29, 1.82) is 0 Å². The molecule has 1 saturated heterocycles. The summed E-state index contributed by atoms with van der Waals surface area (Å²) in [6.45, 7) is 4.45. The molecule has 2 heteroatoms. The van der Waals surface area contributed by atoms with Crippen molar-refractivity contribution in [3.63, 3.8) is 0 Å². The summed E-state index contributed by atoms with van der Waals surface area (Å²) in [5.41, 5.74) is 0. The summed E-state index contributed by atoms with van der Waals surface area (Å²) in [6.07, 6.45) is 5.83. The van der Waals surface area contributed by atoms with E-state index in [1.54, 1.807) is 0 Å². The van der Waals surface area contributed by atoms with Gasteiger partial charge in [0.25, 0.3) is 0 Å². The highest BCUT2D eigenvalue weighted by molar-refractivity contribution is 7.99. The molecule has 84 valence electrons. The Bertz CT molecular complexity index is 141. The molecule has 0 aliphatic carbocycles. The number of aliphatic hydroxyl groups is 1. The van der Waals surface area contributed by atoms with Gasteiger partial charge in [0.2, 0.25) is 0 Å². The summed E-state index contributed by atoms with van der Waals surface area (Å²) in [7, 11) is 0. The van der Waals surface area contributed by atoms with E-state index in [9.17, 15) is 5.11 Å². The minimum atomic E-state index is -0.0366. The van der Waals surface area contributed by atoms with Gasteiger partial charge in [-0.1, -0.05) is 13.8 Å². The van der Waals surface area contributed by atoms with Crippen LogP contribution < -0.4 is 0 Å². The molecule has 14 heavy (non-hydrogen) atoms. The number of rotatable bonds is 5. The van der Waals surface area contributed by atoms with Gasteiger partial charge in [0.1, 0.15) is 0 Å². The maximum Gasteiger partial charge on any atom is 0.0543 e. The van der Waals surface area contributed by atoms with E-state index < -0.39 is 0 Å². The zero-order chi connectivity index (χ0) is 10.4. The third kappa shape index (κ3) is 5.26. The molecule has 0 aromatic carbocycles.